The molecule has 0 aromatic carbocycles. The fraction of sp³-hybridized carbons (Fsp3) is 0.879. The minimum atomic E-state index is -2.12. The van der Waals surface area contributed by atoms with Crippen LogP contribution in [-0.4, -0.2) is 38.9 Å². The summed E-state index contributed by atoms with van der Waals surface area (Å²) in [4.78, 5) is 20.3. The lowest BCUT2D eigenvalue weighted by molar-refractivity contribution is -0.425. The van der Waals surface area contributed by atoms with E-state index in [0.717, 1.165) is 35.5 Å². The molecule has 4 aliphatic rings. The van der Waals surface area contributed by atoms with Crippen LogP contribution in [0.1, 0.15) is 125 Å². The van der Waals surface area contributed by atoms with Crippen molar-refractivity contribution < 1.29 is 30.6 Å². The average Bonchev–Trinajstić information content (AvgIpc) is 3.21. The van der Waals surface area contributed by atoms with E-state index in [4.69, 9.17) is 15.3 Å². The minimum Gasteiger partial charge on any atom is -0.481 e. The zero-order valence-electron chi connectivity index (χ0n) is 25.7. The lowest BCUT2D eigenvalue weighted by Gasteiger charge is -2.58. The van der Waals surface area contributed by atoms with Gasteiger partial charge in [0, 0.05) is 12.8 Å². The van der Waals surface area contributed by atoms with Gasteiger partial charge < -0.3 is 21.1 Å². The van der Waals surface area contributed by atoms with Gasteiger partial charge in [0.25, 0.3) is 0 Å². The second-order valence-electron chi connectivity index (χ2n) is 14.7. The molecule has 6 N–H and O–H groups in total. The number of hydrogen-bond acceptors (Lipinski definition) is 3. The Bertz CT molecular complexity index is 901. The lowest BCUT2D eigenvalue weighted by Crippen LogP contribution is -2.64. The summed E-state index contributed by atoms with van der Waals surface area (Å²) in [5.41, 5.74) is 5.24. The number of rotatable bonds is 9. The molecule has 0 aliphatic heterocycles. The number of aliphatic hydroxyl groups is 1. The zero-order valence-corrected chi connectivity index (χ0v) is 25.7. The van der Waals surface area contributed by atoms with Crippen molar-refractivity contribution in [2.75, 3.05) is 0 Å². The SMILES string of the molecule is CC(C)CCC[C@@H](C)[C@H]1CC[C@H]2[C@@H]3CC=C4C[C@H]([NH3+])CC[C@]4(C)[C@H]3CC[C@]12C.CCC(O)(CC(=O)O)C(=O)O. The van der Waals surface area contributed by atoms with E-state index in [-0.39, 0.29) is 6.42 Å². The van der Waals surface area contributed by atoms with Crippen LogP contribution in [0.25, 0.3) is 0 Å². The first-order chi connectivity index (χ1) is 18.2. The van der Waals surface area contributed by atoms with Crippen LogP contribution in [0.2, 0.25) is 0 Å². The molecule has 6 nitrogen and oxygen atoms in total. The van der Waals surface area contributed by atoms with Crippen molar-refractivity contribution >= 4 is 11.9 Å². The summed E-state index contributed by atoms with van der Waals surface area (Å²) in [6, 6.07) is 0.673. The summed E-state index contributed by atoms with van der Waals surface area (Å²) >= 11 is 0. The summed E-state index contributed by atoms with van der Waals surface area (Å²) in [6.45, 7) is 14.1. The van der Waals surface area contributed by atoms with Crippen molar-refractivity contribution in [3.8, 4) is 0 Å². The van der Waals surface area contributed by atoms with E-state index < -0.39 is 24.0 Å². The average molecular weight is 549 g/mol. The predicted molar refractivity (Wildman–Crippen MR) is 155 cm³/mol. The number of quaternary nitrogens is 1. The van der Waals surface area contributed by atoms with Gasteiger partial charge in [-0.15, -0.1) is 0 Å². The van der Waals surface area contributed by atoms with Crippen molar-refractivity contribution in [3.05, 3.63) is 11.6 Å². The fourth-order valence-corrected chi connectivity index (χ4v) is 9.36. The maximum absolute atomic E-state index is 10.3. The molecule has 9 atom stereocenters. The topological polar surface area (TPSA) is 122 Å². The standard InChI is InChI=1S/C27H47N.C6H10O5/c1-18(2)7-6-8-19(3)23-11-12-24-22-10-9-20-17-21(28)13-15-26(20,4)25(22)14-16-27(23,24)5;1-2-6(11,5(9)10)3-4(7)8/h9,18-19,21-25H,6-8,10-17,28H2,1-5H3;11H,2-3H2,1H3,(H,7,8)(H,9,10)/p+1/t19-,21-,22+,23-,24+,25+,26+,27-;/m1./s1. The number of carboxylic acids is 2. The monoisotopic (exact) mass is 548 g/mol. The molecule has 3 saturated carbocycles. The van der Waals surface area contributed by atoms with Crippen molar-refractivity contribution in [1.29, 1.82) is 0 Å². The molecule has 1 unspecified atom stereocenters. The largest absolute Gasteiger partial charge is 0.481 e. The molecule has 0 aromatic heterocycles. The summed E-state index contributed by atoms with van der Waals surface area (Å²) in [6.07, 6.45) is 17.6. The Kier molecular flexibility index (Phi) is 10.4. The molecule has 0 aromatic rings. The highest BCUT2D eigenvalue weighted by molar-refractivity contribution is 5.83. The third-order valence-corrected chi connectivity index (χ3v) is 11.8. The molecule has 0 amide bonds. The molecule has 0 radical (unpaired) electrons. The summed E-state index contributed by atoms with van der Waals surface area (Å²) in [5.74, 6) is 2.90. The molecule has 4 aliphatic carbocycles. The number of hydrogen-bond donors (Lipinski definition) is 4. The van der Waals surface area contributed by atoms with Gasteiger partial charge in [0.1, 0.15) is 0 Å². The quantitative estimate of drug-likeness (QED) is 0.251. The van der Waals surface area contributed by atoms with E-state index >= 15 is 0 Å². The first-order valence-electron chi connectivity index (χ1n) is 15.9. The number of carboxylic acid groups (broad SMARTS) is 2. The first-order valence-corrected chi connectivity index (χ1v) is 15.9. The highest BCUT2D eigenvalue weighted by Gasteiger charge is 2.59. The molecule has 3 fully saturated rings. The maximum atomic E-state index is 10.3. The Morgan fingerprint density at radius 3 is 2.31 bits per heavy atom. The maximum Gasteiger partial charge on any atom is 0.336 e. The Hall–Kier alpha value is -1.40. The number of aliphatic carboxylic acids is 2. The van der Waals surface area contributed by atoms with Crippen LogP contribution >= 0.6 is 0 Å². The van der Waals surface area contributed by atoms with Gasteiger partial charge in [-0.05, 0) is 91.3 Å². The van der Waals surface area contributed by atoms with Gasteiger partial charge in [0.15, 0.2) is 5.60 Å². The highest BCUT2D eigenvalue weighted by Crippen LogP contribution is 2.67. The Labute approximate surface area is 237 Å². The van der Waals surface area contributed by atoms with E-state index in [1.54, 1.807) is 5.57 Å². The Balaban J connectivity index is 0.000000325. The van der Waals surface area contributed by atoms with Gasteiger partial charge in [0.05, 0.1) is 12.5 Å². The summed E-state index contributed by atoms with van der Waals surface area (Å²) in [5, 5.41) is 25.7. The molecule has 0 heterocycles. The summed E-state index contributed by atoms with van der Waals surface area (Å²) < 4.78 is 0. The number of allylic oxidation sites excluding steroid dienone is 1. The van der Waals surface area contributed by atoms with E-state index in [1.807, 2.05) is 0 Å². The van der Waals surface area contributed by atoms with Crippen molar-refractivity contribution in [2.45, 2.75) is 137 Å². The van der Waals surface area contributed by atoms with E-state index in [1.165, 1.54) is 77.6 Å². The minimum absolute atomic E-state index is 0.116. The normalized spacial score (nSPS) is 37.8. The second kappa shape index (κ2) is 12.6. The van der Waals surface area contributed by atoms with Crippen LogP contribution in [0.4, 0.5) is 0 Å². The fourth-order valence-electron chi connectivity index (χ4n) is 9.36. The molecule has 6 heteroatoms. The van der Waals surface area contributed by atoms with E-state index in [9.17, 15) is 9.59 Å². The van der Waals surface area contributed by atoms with Crippen LogP contribution < -0.4 is 5.73 Å². The molecule has 224 valence electrons. The molecule has 39 heavy (non-hydrogen) atoms. The Morgan fingerprint density at radius 2 is 1.74 bits per heavy atom. The Morgan fingerprint density at radius 1 is 1.05 bits per heavy atom. The first kappa shape index (κ1) is 32.1. The highest BCUT2D eigenvalue weighted by atomic mass is 16.4. The molecular weight excluding hydrogens is 490 g/mol. The third kappa shape index (κ3) is 6.74. The molecule has 0 saturated heterocycles. The van der Waals surface area contributed by atoms with Crippen LogP contribution in [0.3, 0.4) is 0 Å². The molecule has 0 bridgehead atoms. The zero-order chi connectivity index (χ0) is 29.2. The molecule has 4 rings (SSSR count). The van der Waals surface area contributed by atoms with Crippen molar-refractivity contribution in [3.63, 3.8) is 0 Å². The van der Waals surface area contributed by atoms with Crippen molar-refractivity contribution in [1.82, 2.24) is 0 Å². The molecule has 0 spiro atoms. The van der Waals surface area contributed by atoms with E-state index in [2.05, 4.69) is 46.4 Å². The van der Waals surface area contributed by atoms with Gasteiger partial charge in [0.2, 0.25) is 0 Å². The molecular formula is C33H58NO5+. The van der Waals surface area contributed by atoms with Crippen LogP contribution in [0.15, 0.2) is 11.6 Å². The summed E-state index contributed by atoms with van der Waals surface area (Å²) in [7, 11) is 0. The van der Waals surface area contributed by atoms with E-state index in [0.29, 0.717) is 16.9 Å². The van der Waals surface area contributed by atoms with Crippen LogP contribution in [0.5, 0.6) is 0 Å². The van der Waals surface area contributed by atoms with Crippen LogP contribution in [0, 0.1) is 46.3 Å². The third-order valence-electron chi connectivity index (χ3n) is 11.8. The van der Waals surface area contributed by atoms with Gasteiger partial charge >= 0.3 is 11.9 Å². The van der Waals surface area contributed by atoms with Gasteiger partial charge in [-0.2, -0.15) is 0 Å². The van der Waals surface area contributed by atoms with Gasteiger partial charge in [-0.1, -0.05) is 72.5 Å². The lowest BCUT2D eigenvalue weighted by atomic mass is 9.47. The van der Waals surface area contributed by atoms with Gasteiger partial charge in [-0.3, -0.25) is 4.79 Å². The second-order valence-corrected chi connectivity index (χ2v) is 14.7. The predicted octanol–water partition coefficient (Wildman–Crippen LogP) is 6.33. The number of carbonyl (C=O) groups is 2. The smallest absolute Gasteiger partial charge is 0.336 e. The van der Waals surface area contributed by atoms with Gasteiger partial charge in [-0.25, -0.2) is 4.79 Å². The van der Waals surface area contributed by atoms with Crippen LogP contribution in [-0.2, 0) is 9.59 Å². The van der Waals surface area contributed by atoms with Crippen molar-refractivity contribution in [2.24, 2.45) is 46.3 Å². The number of fused-ring (bicyclic) bond motifs is 5.